The van der Waals surface area contributed by atoms with Gasteiger partial charge < -0.3 is 10.1 Å². The van der Waals surface area contributed by atoms with E-state index < -0.39 is 0 Å². The lowest BCUT2D eigenvalue weighted by Crippen LogP contribution is -2.43. The van der Waals surface area contributed by atoms with Crippen molar-refractivity contribution in [2.45, 2.75) is 78.4 Å². The molecule has 0 aromatic heterocycles. The number of ether oxygens (including phenoxy) is 1. The van der Waals surface area contributed by atoms with E-state index in [1.54, 1.807) is 0 Å². The minimum Gasteiger partial charge on any atom is -0.374 e. The van der Waals surface area contributed by atoms with Gasteiger partial charge in [0.25, 0.3) is 0 Å². The molecular formula is C16H33NO. The quantitative estimate of drug-likeness (QED) is 0.774. The highest BCUT2D eigenvalue weighted by atomic mass is 16.5. The monoisotopic (exact) mass is 255 g/mol. The van der Waals surface area contributed by atoms with Gasteiger partial charge in [-0.3, -0.25) is 0 Å². The molecule has 1 fully saturated rings. The van der Waals surface area contributed by atoms with Crippen LogP contribution < -0.4 is 5.32 Å². The summed E-state index contributed by atoms with van der Waals surface area (Å²) >= 11 is 0. The van der Waals surface area contributed by atoms with Gasteiger partial charge in [-0.25, -0.2) is 0 Å². The molecule has 1 saturated carbocycles. The van der Waals surface area contributed by atoms with Gasteiger partial charge in [0.15, 0.2) is 0 Å². The SMILES string of the molecule is CCCNC(COC(C)(C)C)C1CCCC(C)C1. The molecule has 0 heterocycles. The summed E-state index contributed by atoms with van der Waals surface area (Å²) < 4.78 is 6.01. The third-order valence-electron chi connectivity index (χ3n) is 3.90. The van der Waals surface area contributed by atoms with Crippen molar-refractivity contribution in [3.8, 4) is 0 Å². The second kappa shape index (κ2) is 7.49. The predicted molar refractivity (Wildman–Crippen MR) is 78.9 cm³/mol. The van der Waals surface area contributed by atoms with Crippen LogP contribution in [0.3, 0.4) is 0 Å². The highest BCUT2D eigenvalue weighted by molar-refractivity contribution is 4.82. The molecule has 1 N–H and O–H groups in total. The van der Waals surface area contributed by atoms with E-state index in [0.717, 1.165) is 25.0 Å². The minimum absolute atomic E-state index is 0.0214. The second-order valence-electron chi connectivity index (χ2n) is 7.02. The maximum atomic E-state index is 6.01. The topological polar surface area (TPSA) is 21.3 Å². The van der Waals surface area contributed by atoms with Crippen molar-refractivity contribution in [3.63, 3.8) is 0 Å². The van der Waals surface area contributed by atoms with Crippen LogP contribution in [-0.2, 0) is 4.74 Å². The fraction of sp³-hybridized carbons (Fsp3) is 1.00. The van der Waals surface area contributed by atoms with Crippen LogP contribution in [0.5, 0.6) is 0 Å². The molecule has 0 aliphatic heterocycles. The lowest BCUT2D eigenvalue weighted by Gasteiger charge is -2.35. The Balaban J connectivity index is 2.48. The molecule has 1 aliphatic rings. The summed E-state index contributed by atoms with van der Waals surface area (Å²) in [6, 6.07) is 0.548. The molecule has 1 aliphatic carbocycles. The first-order valence-electron chi connectivity index (χ1n) is 7.79. The highest BCUT2D eigenvalue weighted by Gasteiger charge is 2.27. The van der Waals surface area contributed by atoms with Gasteiger partial charge in [0.2, 0.25) is 0 Å². The smallest absolute Gasteiger partial charge is 0.0629 e. The largest absolute Gasteiger partial charge is 0.374 e. The molecular weight excluding hydrogens is 222 g/mol. The third-order valence-corrected chi connectivity index (χ3v) is 3.90. The fourth-order valence-electron chi connectivity index (χ4n) is 2.88. The summed E-state index contributed by atoms with van der Waals surface area (Å²) in [6.45, 7) is 13.0. The Labute approximate surface area is 114 Å². The van der Waals surface area contributed by atoms with Crippen LogP contribution in [0, 0.1) is 11.8 Å². The van der Waals surface area contributed by atoms with Crippen LogP contribution in [0.4, 0.5) is 0 Å². The lowest BCUT2D eigenvalue weighted by molar-refractivity contribution is -0.0260. The first kappa shape index (κ1) is 16.0. The average Bonchev–Trinajstić information content (AvgIpc) is 2.28. The zero-order valence-corrected chi connectivity index (χ0v) is 13.1. The summed E-state index contributed by atoms with van der Waals surface area (Å²) in [4.78, 5) is 0. The van der Waals surface area contributed by atoms with Crippen LogP contribution >= 0.6 is 0 Å². The molecule has 3 unspecified atom stereocenters. The molecule has 0 amide bonds. The van der Waals surface area contributed by atoms with Crippen LogP contribution in [0.25, 0.3) is 0 Å². The van der Waals surface area contributed by atoms with E-state index in [1.807, 2.05) is 0 Å². The van der Waals surface area contributed by atoms with Gasteiger partial charge in [0.05, 0.1) is 12.2 Å². The molecule has 108 valence electrons. The Morgan fingerprint density at radius 1 is 1.28 bits per heavy atom. The summed E-state index contributed by atoms with van der Waals surface area (Å²) in [5.74, 6) is 1.70. The van der Waals surface area contributed by atoms with Crippen molar-refractivity contribution in [3.05, 3.63) is 0 Å². The van der Waals surface area contributed by atoms with Crippen LogP contribution in [0.1, 0.15) is 66.7 Å². The molecule has 0 aromatic rings. The molecule has 0 saturated heterocycles. The van der Waals surface area contributed by atoms with Gasteiger partial charge in [0, 0.05) is 6.04 Å². The molecule has 18 heavy (non-hydrogen) atoms. The standard InChI is InChI=1S/C16H33NO/c1-6-10-17-15(12-18-16(3,4)5)14-9-7-8-13(2)11-14/h13-15,17H,6-12H2,1-5H3. The Hall–Kier alpha value is -0.0800. The summed E-state index contributed by atoms with van der Waals surface area (Å²) in [5, 5.41) is 3.71. The Morgan fingerprint density at radius 3 is 2.56 bits per heavy atom. The van der Waals surface area contributed by atoms with Gasteiger partial charge in [-0.05, 0) is 58.4 Å². The molecule has 0 radical (unpaired) electrons. The summed E-state index contributed by atoms with van der Waals surface area (Å²) in [7, 11) is 0. The molecule has 0 spiro atoms. The zero-order chi connectivity index (χ0) is 13.6. The van der Waals surface area contributed by atoms with Crippen LogP contribution in [0.15, 0.2) is 0 Å². The number of hydrogen-bond acceptors (Lipinski definition) is 2. The van der Waals surface area contributed by atoms with Gasteiger partial charge >= 0.3 is 0 Å². The first-order chi connectivity index (χ1) is 8.42. The zero-order valence-electron chi connectivity index (χ0n) is 13.1. The molecule has 0 bridgehead atoms. The van der Waals surface area contributed by atoms with Crippen molar-refractivity contribution in [1.29, 1.82) is 0 Å². The summed E-state index contributed by atoms with van der Waals surface area (Å²) in [6.07, 6.45) is 6.76. The van der Waals surface area contributed by atoms with Gasteiger partial charge in [0.1, 0.15) is 0 Å². The van der Waals surface area contributed by atoms with Crippen molar-refractivity contribution in [1.82, 2.24) is 5.32 Å². The second-order valence-corrected chi connectivity index (χ2v) is 7.02. The molecule has 3 atom stereocenters. The molecule has 2 heteroatoms. The Bertz CT molecular complexity index is 222. The highest BCUT2D eigenvalue weighted by Crippen LogP contribution is 2.31. The lowest BCUT2D eigenvalue weighted by atomic mass is 9.78. The van der Waals surface area contributed by atoms with E-state index in [1.165, 1.54) is 32.1 Å². The van der Waals surface area contributed by atoms with E-state index in [-0.39, 0.29) is 5.60 Å². The van der Waals surface area contributed by atoms with Gasteiger partial charge in [-0.1, -0.05) is 26.7 Å². The van der Waals surface area contributed by atoms with Crippen molar-refractivity contribution < 1.29 is 4.74 Å². The van der Waals surface area contributed by atoms with Crippen molar-refractivity contribution >= 4 is 0 Å². The summed E-state index contributed by atoms with van der Waals surface area (Å²) in [5.41, 5.74) is -0.0214. The van der Waals surface area contributed by atoms with Gasteiger partial charge in [-0.2, -0.15) is 0 Å². The first-order valence-corrected chi connectivity index (χ1v) is 7.79. The van der Waals surface area contributed by atoms with E-state index >= 15 is 0 Å². The Morgan fingerprint density at radius 2 is 2.00 bits per heavy atom. The minimum atomic E-state index is -0.0214. The van der Waals surface area contributed by atoms with E-state index in [0.29, 0.717) is 6.04 Å². The maximum Gasteiger partial charge on any atom is 0.0629 e. The van der Waals surface area contributed by atoms with Crippen molar-refractivity contribution in [2.24, 2.45) is 11.8 Å². The van der Waals surface area contributed by atoms with E-state index in [2.05, 4.69) is 39.9 Å². The van der Waals surface area contributed by atoms with E-state index in [4.69, 9.17) is 4.74 Å². The maximum absolute atomic E-state index is 6.01. The Kier molecular flexibility index (Phi) is 6.65. The van der Waals surface area contributed by atoms with Crippen molar-refractivity contribution in [2.75, 3.05) is 13.2 Å². The van der Waals surface area contributed by atoms with E-state index in [9.17, 15) is 0 Å². The average molecular weight is 255 g/mol. The van der Waals surface area contributed by atoms with Crippen LogP contribution in [-0.4, -0.2) is 24.8 Å². The number of nitrogens with one attached hydrogen (secondary N) is 1. The van der Waals surface area contributed by atoms with Gasteiger partial charge in [-0.15, -0.1) is 0 Å². The molecule has 0 aromatic carbocycles. The predicted octanol–water partition coefficient (Wildman–Crippen LogP) is 4.00. The normalized spacial score (nSPS) is 27.2. The fourth-order valence-corrected chi connectivity index (χ4v) is 2.88. The number of hydrogen-bond donors (Lipinski definition) is 1. The number of rotatable bonds is 6. The molecule has 2 nitrogen and oxygen atoms in total. The molecule has 1 rings (SSSR count). The third kappa shape index (κ3) is 6.19. The van der Waals surface area contributed by atoms with Crippen LogP contribution in [0.2, 0.25) is 0 Å².